The van der Waals surface area contributed by atoms with Crippen molar-refractivity contribution < 1.29 is 4.42 Å². The molecule has 188 valence electrons. The maximum Gasteiger partial charge on any atom is 0.135 e. The molecule has 0 radical (unpaired) electrons. The minimum Gasteiger partial charge on any atom is -0.456 e. The molecule has 6 aromatic carbocycles. The van der Waals surface area contributed by atoms with E-state index in [0.717, 1.165) is 22.2 Å². The van der Waals surface area contributed by atoms with Gasteiger partial charge in [-0.1, -0.05) is 103 Å². The fraction of sp³-hybridized carbons (Fsp3) is 0.0270. The maximum absolute atomic E-state index is 6.49. The van der Waals surface area contributed by atoms with Crippen molar-refractivity contribution in [2.75, 3.05) is 4.90 Å². The zero-order valence-electron chi connectivity index (χ0n) is 21.5. The largest absolute Gasteiger partial charge is 0.456 e. The van der Waals surface area contributed by atoms with Gasteiger partial charge in [-0.05, 0) is 70.8 Å². The van der Waals surface area contributed by atoms with E-state index < -0.39 is 5.41 Å². The van der Waals surface area contributed by atoms with Crippen molar-refractivity contribution in [2.45, 2.75) is 15.2 Å². The number of hydrogen-bond acceptors (Lipinski definition) is 3. The second-order valence-corrected chi connectivity index (χ2v) is 11.6. The summed E-state index contributed by atoms with van der Waals surface area (Å²) in [6, 6.07) is 50.5. The van der Waals surface area contributed by atoms with E-state index in [9.17, 15) is 0 Å². The molecule has 40 heavy (non-hydrogen) atoms. The molecule has 1 spiro atoms. The zero-order chi connectivity index (χ0) is 26.3. The van der Waals surface area contributed by atoms with Crippen LogP contribution in [-0.4, -0.2) is 0 Å². The highest BCUT2D eigenvalue weighted by Crippen LogP contribution is 2.63. The van der Waals surface area contributed by atoms with Crippen molar-refractivity contribution >= 4 is 50.8 Å². The lowest BCUT2D eigenvalue weighted by Crippen LogP contribution is -2.39. The van der Waals surface area contributed by atoms with Gasteiger partial charge in [-0.15, -0.1) is 0 Å². The Balaban J connectivity index is 1.46. The molecular formula is C37H23NOS. The monoisotopic (exact) mass is 529 g/mol. The van der Waals surface area contributed by atoms with Crippen LogP contribution in [0.5, 0.6) is 0 Å². The number of hydrogen-bond donors (Lipinski definition) is 0. The van der Waals surface area contributed by atoms with Gasteiger partial charge < -0.3 is 9.32 Å². The molecule has 3 heterocycles. The highest BCUT2D eigenvalue weighted by molar-refractivity contribution is 7.99. The standard InChI is InChI=1S/C37H23NOS/c1-2-12-24(13-3-1)38-31-18-8-5-15-27(31)37(28-16-6-9-19-32(28)38)29-17-7-11-21-35(29)40-36-22-26-25-14-4-10-20-33(25)39-34(26)23-30(36)37/h1-23H. The Morgan fingerprint density at radius 3 is 1.88 bits per heavy atom. The van der Waals surface area contributed by atoms with Gasteiger partial charge in [0, 0.05) is 26.3 Å². The molecule has 0 bridgehead atoms. The summed E-state index contributed by atoms with van der Waals surface area (Å²) >= 11 is 1.87. The van der Waals surface area contributed by atoms with Gasteiger partial charge in [-0.25, -0.2) is 0 Å². The Hall–Kier alpha value is -4.73. The number of nitrogens with zero attached hydrogens (tertiary/aromatic N) is 1. The SMILES string of the molecule is c1ccc(N2c3ccccc3C3(c4ccccc4Sc4cc5c(cc43)oc3ccccc35)c3ccccc32)cc1. The molecule has 0 fully saturated rings. The van der Waals surface area contributed by atoms with Gasteiger partial charge in [0.2, 0.25) is 0 Å². The van der Waals surface area contributed by atoms with Crippen LogP contribution in [0.25, 0.3) is 21.9 Å². The lowest BCUT2D eigenvalue weighted by molar-refractivity contribution is 0.658. The fourth-order valence-electron chi connectivity index (χ4n) is 6.94. The number of benzene rings is 6. The van der Waals surface area contributed by atoms with Crippen molar-refractivity contribution in [1.29, 1.82) is 0 Å². The third-order valence-electron chi connectivity index (χ3n) is 8.51. The number of furan rings is 1. The number of anilines is 3. The molecule has 3 heteroatoms. The Morgan fingerprint density at radius 2 is 1.10 bits per heavy atom. The fourth-order valence-corrected chi connectivity index (χ4v) is 8.15. The van der Waals surface area contributed by atoms with Crippen molar-refractivity contribution in [1.82, 2.24) is 0 Å². The van der Waals surface area contributed by atoms with Gasteiger partial charge in [0.05, 0.1) is 16.8 Å². The molecule has 0 saturated heterocycles. The highest BCUT2D eigenvalue weighted by Gasteiger charge is 2.50. The first-order valence-corrected chi connectivity index (χ1v) is 14.4. The molecule has 0 unspecified atom stereocenters. The summed E-state index contributed by atoms with van der Waals surface area (Å²) in [5.41, 5.74) is 10.1. The second kappa shape index (κ2) is 8.14. The van der Waals surface area contributed by atoms with Crippen LogP contribution in [-0.2, 0) is 5.41 Å². The predicted octanol–water partition coefficient (Wildman–Crippen LogP) is 10.2. The zero-order valence-corrected chi connectivity index (χ0v) is 22.4. The van der Waals surface area contributed by atoms with E-state index in [1.807, 2.05) is 17.8 Å². The van der Waals surface area contributed by atoms with Crippen molar-refractivity contribution in [3.63, 3.8) is 0 Å². The van der Waals surface area contributed by atoms with Crippen molar-refractivity contribution in [3.8, 4) is 0 Å². The molecule has 0 amide bonds. The topological polar surface area (TPSA) is 16.4 Å². The summed E-state index contributed by atoms with van der Waals surface area (Å²) in [4.78, 5) is 4.98. The van der Waals surface area contributed by atoms with E-state index in [-0.39, 0.29) is 0 Å². The second-order valence-electron chi connectivity index (χ2n) is 10.5. The van der Waals surface area contributed by atoms with E-state index in [0.29, 0.717) is 0 Å². The molecule has 2 aliphatic heterocycles. The lowest BCUT2D eigenvalue weighted by atomic mass is 9.62. The van der Waals surface area contributed by atoms with Gasteiger partial charge in [0.25, 0.3) is 0 Å². The minimum atomic E-state index is -0.497. The normalized spacial score (nSPS) is 14.6. The third kappa shape index (κ3) is 2.80. The number of rotatable bonds is 1. The van der Waals surface area contributed by atoms with Crippen molar-refractivity contribution in [3.05, 3.63) is 162 Å². The van der Waals surface area contributed by atoms with Crippen LogP contribution in [0.15, 0.2) is 154 Å². The Morgan fingerprint density at radius 1 is 0.475 bits per heavy atom. The summed E-state index contributed by atoms with van der Waals surface area (Å²) in [6.07, 6.45) is 0. The van der Waals surface area contributed by atoms with Gasteiger partial charge in [0.1, 0.15) is 11.2 Å². The Bertz CT molecular complexity index is 2060. The number of para-hydroxylation sites is 4. The van der Waals surface area contributed by atoms with Gasteiger partial charge in [-0.3, -0.25) is 0 Å². The van der Waals surface area contributed by atoms with Crippen LogP contribution in [0.3, 0.4) is 0 Å². The first-order valence-electron chi connectivity index (χ1n) is 13.6. The molecule has 2 aliphatic rings. The van der Waals surface area contributed by atoms with Crippen LogP contribution in [0.1, 0.15) is 22.3 Å². The van der Waals surface area contributed by atoms with E-state index >= 15 is 0 Å². The molecular weight excluding hydrogens is 506 g/mol. The van der Waals surface area contributed by atoms with E-state index in [1.165, 1.54) is 48.8 Å². The first kappa shape index (κ1) is 22.1. The van der Waals surface area contributed by atoms with Crippen molar-refractivity contribution in [2.24, 2.45) is 0 Å². The summed E-state index contributed by atoms with van der Waals surface area (Å²) in [5.74, 6) is 0. The molecule has 0 aliphatic carbocycles. The van der Waals surface area contributed by atoms with E-state index in [1.54, 1.807) is 0 Å². The van der Waals surface area contributed by atoms with Gasteiger partial charge in [0.15, 0.2) is 0 Å². The number of fused-ring (bicyclic) bond motifs is 11. The maximum atomic E-state index is 6.49. The molecule has 7 aromatic rings. The predicted molar refractivity (Wildman–Crippen MR) is 164 cm³/mol. The Kier molecular flexibility index (Phi) is 4.50. The quantitative estimate of drug-likeness (QED) is 0.210. The van der Waals surface area contributed by atoms with E-state index in [2.05, 4.69) is 138 Å². The van der Waals surface area contributed by atoms with Gasteiger partial charge >= 0.3 is 0 Å². The average molecular weight is 530 g/mol. The minimum absolute atomic E-state index is 0.497. The molecule has 1 aromatic heterocycles. The third-order valence-corrected chi connectivity index (χ3v) is 9.64. The highest BCUT2D eigenvalue weighted by atomic mass is 32.2. The molecule has 0 saturated carbocycles. The Labute approximate surface area is 236 Å². The molecule has 2 nitrogen and oxygen atoms in total. The first-order chi connectivity index (χ1) is 19.8. The average Bonchev–Trinajstić information content (AvgIpc) is 3.38. The smallest absolute Gasteiger partial charge is 0.135 e. The summed E-state index contributed by atoms with van der Waals surface area (Å²) < 4.78 is 6.49. The molecule has 0 atom stereocenters. The van der Waals surface area contributed by atoms with Gasteiger partial charge in [-0.2, -0.15) is 0 Å². The van der Waals surface area contributed by atoms with E-state index in [4.69, 9.17) is 4.42 Å². The molecule has 9 rings (SSSR count). The lowest BCUT2D eigenvalue weighted by Gasteiger charge is -2.48. The molecule has 0 N–H and O–H groups in total. The van der Waals surface area contributed by atoms with Crippen LogP contribution in [0.2, 0.25) is 0 Å². The van der Waals surface area contributed by atoms with Crippen LogP contribution in [0, 0.1) is 0 Å². The van der Waals surface area contributed by atoms with Crippen LogP contribution in [0.4, 0.5) is 17.1 Å². The summed E-state index contributed by atoms with van der Waals surface area (Å²) in [7, 11) is 0. The summed E-state index contributed by atoms with van der Waals surface area (Å²) in [6.45, 7) is 0. The van der Waals surface area contributed by atoms with Crippen LogP contribution < -0.4 is 4.90 Å². The summed E-state index contributed by atoms with van der Waals surface area (Å²) in [5, 5.41) is 2.33. The van der Waals surface area contributed by atoms with Crippen LogP contribution >= 0.6 is 11.8 Å².